The Morgan fingerprint density at radius 3 is 2.62 bits per heavy atom. The summed E-state index contributed by atoms with van der Waals surface area (Å²) < 4.78 is 4.86. The average Bonchev–Trinajstić information content (AvgIpc) is 2.61. The van der Waals surface area contributed by atoms with Crippen LogP contribution < -0.4 is 5.32 Å². The average molecular weight is 382 g/mol. The van der Waals surface area contributed by atoms with Gasteiger partial charge >= 0.3 is 5.97 Å². The minimum Gasteiger partial charge on any atom is -0.466 e. The molecule has 144 valence electrons. The highest BCUT2D eigenvalue weighted by Gasteiger charge is 2.19. The van der Waals surface area contributed by atoms with E-state index >= 15 is 0 Å². The topological polar surface area (TPSA) is 61.9 Å². The van der Waals surface area contributed by atoms with Gasteiger partial charge in [0.25, 0.3) is 0 Å². The molecule has 0 spiro atoms. The third-order valence-corrected chi connectivity index (χ3v) is 4.55. The van der Waals surface area contributed by atoms with Crippen LogP contribution in [0.2, 0.25) is 5.02 Å². The fraction of sp³-hybridized carbons (Fsp3) is 0.579. The van der Waals surface area contributed by atoms with E-state index in [0.29, 0.717) is 32.5 Å². The first kappa shape index (κ1) is 20.7. The van der Waals surface area contributed by atoms with Crippen LogP contribution in [-0.2, 0) is 20.9 Å². The second kappa shape index (κ2) is 11.2. The van der Waals surface area contributed by atoms with Crippen molar-refractivity contribution in [3.05, 3.63) is 34.9 Å². The Labute approximate surface area is 160 Å². The van der Waals surface area contributed by atoms with Crippen molar-refractivity contribution in [2.75, 3.05) is 45.9 Å². The molecule has 1 saturated heterocycles. The van der Waals surface area contributed by atoms with Crippen molar-refractivity contribution in [1.29, 1.82) is 0 Å². The molecule has 1 heterocycles. The number of ether oxygens (including phenoxy) is 1. The first-order valence-electron chi connectivity index (χ1n) is 9.18. The number of rotatable bonds is 9. The van der Waals surface area contributed by atoms with Crippen LogP contribution in [0.5, 0.6) is 0 Å². The predicted octanol–water partition coefficient (Wildman–Crippen LogP) is 1.92. The highest BCUT2D eigenvalue weighted by molar-refractivity contribution is 6.30. The Hall–Kier alpha value is -1.63. The van der Waals surface area contributed by atoms with Gasteiger partial charge in [0.15, 0.2) is 0 Å². The number of piperazine rings is 1. The Morgan fingerprint density at radius 1 is 1.19 bits per heavy atom. The number of carbonyl (C=O) groups excluding carboxylic acids is 2. The van der Waals surface area contributed by atoms with Crippen LogP contribution in [0.4, 0.5) is 0 Å². The molecule has 26 heavy (non-hydrogen) atoms. The zero-order valence-electron chi connectivity index (χ0n) is 15.4. The molecule has 6 nitrogen and oxygen atoms in total. The molecule has 1 amide bonds. The van der Waals surface area contributed by atoms with Crippen molar-refractivity contribution in [1.82, 2.24) is 15.1 Å². The SMILES string of the molecule is CCOC(=O)CCCNC(=O)CN1CCN(Cc2cccc(Cl)c2)CC1. The van der Waals surface area contributed by atoms with Gasteiger partial charge in [-0.2, -0.15) is 0 Å². The van der Waals surface area contributed by atoms with E-state index in [1.54, 1.807) is 6.92 Å². The number of amides is 1. The number of benzene rings is 1. The van der Waals surface area contributed by atoms with Crippen LogP contribution in [-0.4, -0.2) is 67.6 Å². The van der Waals surface area contributed by atoms with E-state index < -0.39 is 0 Å². The van der Waals surface area contributed by atoms with E-state index in [-0.39, 0.29) is 11.9 Å². The molecule has 0 aromatic heterocycles. The molecule has 7 heteroatoms. The molecule has 0 bridgehead atoms. The normalized spacial score (nSPS) is 15.6. The smallest absolute Gasteiger partial charge is 0.305 e. The molecule has 1 fully saturated rings. The maximum Gasteiger partial charge on any atom is 0.305 e. The summed E-state index contributed by atoms with van der Waals surface area (Å²) in [6, 6.07) is 7.94. The summed E-state index contributed by atoms with van der Waals surface area (Å²) in [5.74, 6) is -0.199. The lowest BCUT2D eigenvalue weighted by molar-refractivity contribution is -0.143. The van der Waals surface area contributed by atoms with Crippen LogP contribution in [0, 0.1) is 0 Å². The number of hydrogen-bond acceptors (Lipinski definition) is 5. The summed E-state index contributed by atoms with van der Waals surface area (Å²) in [5, 5.41) is 3.63. The first-order chi connectivity index (χ1) is 12.6. The molecule has 1 aliphatic heterocycles. The Kier molecular flexibility index (Phi) is 8.88. The van der Waals surface area contributed by atoms with Crippen molar-refractivity contribution in [3.8, 4) is 0 Å². The van der Waals surface area contributed by atoms with Gasteiger partial charge in [0.05, 0.1) is 13.2 Å². The van der Waals surface area contributed by atoms with E-state index in [2.05, 4.69) is 21.2 Å². The maximum atomic E-state index is 12.0. The van der Waals surface area contributed by atoms with Gasteiger partial charge in [-0.15, -0.1) is 0 Å². The third kappa shape index (κ3) is 7.72. The summed E-state index contributed by atoms with van der Waals surface area (Å²) >= 11 is 6.03. The van der Waals surface area contributed by atoms with E-state index in [4.69, 9.17) is 16.3 Å². The summed E-state index contributed by atoms with van der Waals surface area (Å²) in [7, 11) is 0. The number of hydrogen-bond donors (Lipinski definition) is 1. The predicted molar refractivity (Wildman–Crippen MR) is 102 cm³/mol. The first-order valence-corrected chi connectivity index (χ1v) is 9.56. The van der Waals surface area contributed by atoms with Gasteiger partial charge < -0.3 is 10.1 Å². The molecule has 0 radical (unpaired) electrons. The quantitative estimate of drug-likeness (QED) is 0.523. The molecule has 1 aromatic rings. The Bertz CT molecular complexity index is 589. The lowest BCUT2D eigenvalue weighted by atomic mass is 10.2. The number of carbonyl (C=O) groups is 2. The van der Waals surface area contributed by atoms with Crippen molar-refractivity contribution >= 4 is 23.5 Å². The van der Waals surface area contributed by atoms with E-state index in [1.165, 1.54) is 5.56 Å². The van der Waals surface area contributed by atoms with Gasteiger partial charge in [-0.25, -0.2) is 0 Å². The molecule has 0 unspecified atom stereocenters. The van der Waals surface area contributed by atoms with Crippen LogP contribution in [0.25, 0.3) is 0 Å². The minimum absolute atomic E-state index is 0.0113. The molecule has 1 aromatic carbocycles. The standard InChI is InChI=1S/C19H28ClN3O3/c1-2-26-19(25)7-4-8-21-18(24)15-23-11-9-22(10-12-23)14-16-5-3-6-17(20)13-16/h3,5-6,13H,2,4,7-12,14-15H2,1H3,(H,21,24). The zero-order chi connectivity index (χ0) is 18.8. The van der Waals surface area contributed by atoms with Crippen molar-refractivity contribution in [2.45, 2.75) is 26.3 Å². The molecule has 1 N–H and O–H groups in total. The molecule has 0 saturated carbocycles. The maximum absolute atomic E-state index is 12.0. The minimum atomic E-state index is -0.211. The molecule has 0 atom stereocenters. The lowest BCUT2D eigenvalue weighted by Gasteiger charge is -2.34. The fourth-order valence-electron chi connectivity index (χ4n) is 2.95. The molecule has 0 aliphatic carbocycles. The molecule has 2 rings (SSSR count). The molecular formula is C19H28ClN3O3. The Balaban J connectivity index is 1.59. The van der Waals surface area contributed by atoms with Crippen molar-refractivity contribution < 1.29 is 14.3 Å². The number of esters is 1. The van der Waals surface area contributed by atoms with Gasteiger partial charge in [0.2, 0.25) is 5.91 Å². The highest BCUT2D eigenvalue weighted by Crippen LogP contribution is 2.13. The number of nitrogens with zero attached hydrogens (tertiary/aromatic N) is 2. The van der Waals surface area contributed by atoms with Gasteiger partial charge in [0, 0.05) is 50.7 Å². The van der Waals surface area contributed by atoms with Crippen LogP contribution >= 0.6 is 11.6 Å². The highest BCUT2D eigenvalue weighted by atomic mass is 35.5. The number of halogens is 1. The Morgan fingerprint density at radius 2 is 1.92 bits per heavy atom. The van der Waals surface area contributed by atoms with Crippen LogP contribution in [0.1, 0.15) is 25.3 Å². The van der Waals surface area contributed by atoms with E-state index in [1.807, 2.05) is 18.2 Å². The largest absolute Gasteiger partial charge is 0.466 e. The lowest BCUT2D eigenvalue weighted by Crippen LogP contribution is -2.49. The summed E-state index contributed by atoms with van der Waals surface area (Å²) in [5.41, 5.74) is 1.21. The van der Waals surface area contributed by atoms with Gasteiger partial charge in [-0.1, -0.05) is 23.7 Å². The van der Waals surface area contributed by atoms with Gasteiger partial charge in [-0.05, 0) is 31.0 Å². The summed E-state index contributed by atoms with van der Waals surface area (Å²) in [4.78, 5) is 27.8. The summed E-state index contributed by atoms with van der Waals surface area (Å²) in [6.07, 6.45) is 0.953. The second-order valence-corrected chi connectivity index (χ2v) is 6.88. The van der Waals surface area contributed by atoms with Crippen molar-refractivity contribution in [3.63, 3.8) is 0 Å². The zero-order valence-corrected chi connectivity index (χ0v) is 16.1. The van der Waals surface area contributed by atoms with Crippen LogP contribution in [0.3, 0.4) is 0 Å². The van der Waals surface area contributed by atoms with Gasteiger partial charge in [0.1, 0.15) is 0 Å². The second-order valence-electron chi connectivity index (χ2n) is 6.44. The van der Waals surface area contributed by atoms with Gasteiger partial charge in [-0.3, -0.25) is 19.4 Å². The van der Waals surface area contributed by atoms with Crippen LogP contribution in [0.15, 0.2) is 24.3 Å². The van der Waals surface area contributed by atoms with E-state index in [0.717, 1.165) is 37.7 Å². The van der Waals surface area contributed by atoms with E-state index in [9.17, 15) is 9.59 Å². The molecule has 1 aliphatic rings. The summed E-state index contributed by atoms with van der Waals surface area (Å²) in [6.45, 7) is 7.59. The van der Waals surface area contributed by atoms with Crippen molar-refractivity contribution in [2.24, 2.45) is 0 Å². The third-order valence-electron chi connectivity index (χ3n) is 4.31. The molecular weight excluding hydrogens is 354 g/mol. The fourth-order valence-corrected chi connectivity index (χ4v) is 3.16. The monoisotopic (exact) mass is 381 g/mol. The number of nitrogens with one attached hydrogen (secondary N) is 1.